The number of methoxy groups -OCH3 is 2. The van der Waals surface area contributed by atoms with E-state index >= 15 is 0 Å². The molecule has 2 heterocycles. The summed E-state index contributed by atoms with van der Waals surface area (Å²) in [5, 5.41) is 3.71. The minimum absolute atomic E-state index is 0.0476. The first-order valence-corrected chi connectivity index (χ1v) is 9.41. The second-order valence-electron chi connectivity index (χ2n) is 6.83. The molecule has 0 atom stereocenters. The number of para-hydroxylation sites is 1. The van der Waals surface area contributed by atoms with Crippen LogP contribution in [0.4, 0.5) is 11.4 Å². The number of hydrogen-bond donors (Lipinski definition) is 1. The minimum Gasteiger partial charge on any atom is -0.495 e. The monoisotopic (exact) mass is 394 g/mol. The molecule has 7 heteroatoms. The maximum atomic E-state index is 13.0. The van der Waals surface area contributed by atoms with Gasteiger partial charge in [0, 0.05) is 36.7 Å². The number of nitrogens with one attached hydrogen (secondary N) is 1. The molecule has 150 valence electrons. The smallest absolute Gasteiger partial charge is 0.291 e. The molecular weight excluding hydrogens is 372 g/mol. The molecule has 1 aliphatic heterocycles. The van der Waals surface area contributed by atoms with Gasteiger partial charge >= 0.3 is 0 Å². The van der Waals surface area contributed by atoms with Crippen LogP contribution in [-0.2, 0) is 16.1 Å². The first-order valence-electron chi connectivity index (χ1n) is 9.41. The number of furan rings is 1. The van der Waals surface area contributed by atoms with Crippen LogP contribution in [0.5, 0.6) is 5.75 Å². The van der Waals surface area contributed by atoms with Crippen LogP contribution in [0.2, 0.25) is 0 Å². The van der Waals surface area contributed by atoms with E-state index in [4.69, 9.17) is 13.9 Å². The van der Waals surface area contributed by atoms with Crippen molar-refractivity contribution in [1.29, 1.82) is 0 Å². The molecule has 1 aliphatic rings. The van der Waals surface area contributed by atoms with Crippen molar-refractivity contribution in [2.45, 2.75) is 19.4 Å². The zero-order valence-electron chi connectivity index (χ0n) is 16.4. The highest BCUT2D eigenvalue weighted by Crippen LogP contribution is 2.34. The molecule has 2 aromatic carbocycles. The Kier molecular flexibility index (Phi) is 5.22. The molecule has 1 fully saturated rings. The molecular formula is C22H22N2O5. The van der Waals surface area contributed by atoms with Crippen LogP contribution in [0.1, 0.15) is 29.0 Å². The number of benzene rings is 2. The lowest BCUT2D eigenvalue weighted by Crippen LogP contribution is -2.24. The Morgan fingerprint density at radius 3 is 2.76 bits per heavy atom. The summed E-state index contributed by atoms with van der Waals surface area (Å²) in [5.74, 6) is 0.466. The van der Waals surface area contributed by atoms with Gasteiger partial charge in [-0.1, -0.05) is 18.2 Å². The lowest BCUT2D eigenvalue weighted by atomic mass is 10.1. The Morgan fingerprint density at radius 2 is 2.03 bits per heavy atom. The summed E-state index contributed by atoms with van der Waals surface area (Å²) < 4.78 is 16.5. The fourth-order valence-corrected chi connectivity index (χ4v) is 3.64. The fraction of sp³-hybridized carbons (Fsp3) is 0.273. The summed E-state index contributed by atoms with van der Waals surface area (Å²) in [4.78, 5) is 26.8. The third kappa shape index (κ3) is 3.56. The molecule has 1 N–H and O–H groups in total. The highest BCUT2D eigenvalue weighted by atomic mass is 16.5. The van der Waals surface area contributed by atoms with E-state index < -0.39 is 0 Å². The summed E-state index contributed by atoms with van der Waals surface area (Å²) in [6, 6.07) is 12.7. The van der Waals surface area contributed by atoms with Gasteiger partial charge in [0.1, 0.15) is 11.3 Å². The van der Waals surface area contributed by atoms with E-state index in [1.807, 2.05) is 24.3 Å². The van der Waals surface area contributed by atoms with Gasteiger partial charge in [0.05, 0.1) is 19.4 Å². The Morgan fingerprint density at radius 1 is 1.21 bits per heavy atom. The molecule has 0 radical (unpaired) electrons. The molecule has 1 aromatic heterocycles. The number of fused-ring (bicyclic) bond motifs is 1. The predicted octanol–water partition coefficient (Wildman–Crippen LogP) is 3.97. The Hall–Kier alpha value is -3.32. The van der Waals surface area contributed by atoms with E-state index in [-0.39, 0.29) is 24.2 Å². The van der Waals surface area contributed by atoms with Crippen LogP contribution < -0.4 is 15.0 Å². The first-order chi connectivity index (χ1) is 14.1. The maximum absolute atomic E-state index is 13.0. The molecule has 3 aromatic rings. The van der Waals surface area contributed by atoms with Crippen molar-refractivity contribution >= 4 is 34.2 Å². The molecule has 0 unspecified atom stereocenters. The van der Waals surface area contributed by atoms with Crippen LogP contribution >= 0.6 is 0 Å². The number of hydrogen-bond acceptors (Lipinski definition) is 5. The minimum atomic E-state index is -0.378. The number of anilines is 2. The summed E-state index contributed by atoms with van der Waals surface area (Å²) in [6.07, 6.45) is 1.32. The number of carbonyl (C=O) groups excluding carboxylic acids is 2. The zero-order chi connectivity index (χ0) is 20.4. The highest BCUT2D eigenvalue weighted by molar-refractivity contribution is 6.07. The quantitative estimate of drug-likeness (QED) is 0.684. The third-order valence-corrected chi connectivity index (χ3v) is 4.99. The largest absolute Gasteiger partial charge is 0.495 e. The zero-order valence-corrected chi connectivity index (χ0v) is 16.4. The van der Waals surface area contributed by atoms with Crippen LogP contribution in [0.3, 0.4) is 0 Å². The molecule has 29 heavy (non-hydrogen) atoms. The van der Waals surface area contributed by atoms with Crippen LogP contribution in [0.15, 0.2) is 46.9 Å². The molecule has 7 nitrogen and oxygen atoms in total. The van der Waals surface area contributed by atoms with Crippen molar-refractivity contribution in [2.75, 3.05) is 31.0 Å². The van der Waals surface area contributed by atoms with Gasteiger partial charge in [-0.05, 0) is 30.7 Å². The lowest BCUT2D eigenvalue weighted by Gasteiger charge is -2.20. The van der Waals surface area contributed by atoms with Gasteiger partial charge in [-0.2, -0.15) is 0 Å². The number of amides is 2. The van der Waals surface area contributed by atoms with E-state index in [1.165, 1.54) is 0 Å². The third-order valence-electron chi connectivity index (χ3n) is 4.99. The van der Waals surface area contributed by atoms with Crippen LogP contribution in [-0.4, -0.2) is 32.6 Å². The van der Waals surface area contributed by atoms with E-state index in [1.54, 1.807) is 37.3 Å². The van der Waals surface area contributed by atoms with E-state index in [2.05, 4.69) is 5.32 Å². The number of nitrogens with zero attached hydrogens (tertiary/aromatic N) is 1. The average Bonchev–Trinajstić information content (AvgIpc) is 3.32. The van der Waals surface area contributed by atoms with Crippen molar-refractivity contribution in [1.82, 2.24) is 0 Å². The average molecular weight is 394 g/mol. The molecule has 4 rings (SSSR count). The fourth-order valence-electron chi connectivity index (χ4n) is 3.64. The summed E-state index contributed by atoms with van der Waals surface area (Å²) in [6.45, 7) is 0.893. The summed E-state index contributed by atoms with van der Waals surface area (Å²) in [7, 11) is 3.13. The Bertz CT molecular complexity index is 1070. The van der Waals surface area contributed by atoms with Gasteiger partial charge in [-0.15, -0.1) is 0 Å². The van der Waals surface area contributed by atoms with Gasteiger partial charge in [-0.25, -0.2) is 0 Å². The molecule has 2 amide bonds. The van der Waals surface area contributed by atoms with Gasteiger partial charge in [-0.3, -0.25) is 9.59 Å². The standard InChI is InChI=1S/C22H22N2O5/c1-27-13-16-15-6-3-4-7-18(15)29-21(16)22(26)23-14-9-10-19(28-2)17(12-14)24-11-5-8-20(24)25/h3-4,6-7,9-10,12H,5,8,11,13H2,1-2H3,(H,23,26). The predicted molar refractivity (Wildman–Crippen MR) is 109 cm³/mol. The van der Waals surface area contributed by atoms with E-state index in [0.29, 0.717) is 41.2 Å². The van der Waals surface area contributed by atoms with Crippen molar-refractivity contribution in [3.05, 3.63) is 53.8 Å². The highest BCUT2D eigenvalue weighted by Gasteiger charge is 2.26. The molecule has 1 saturated heterocycles. The van der Waals surface area contributed by atoms with E-state index in [9.17, 15) is 9.59 Å². The van der Waals surface area contributed by atoms with Crippen molar-refractivity contribution in [3.8, 4) is 5.75 Å². The maximum Gasteiger partial charge on any atom is 0.291 e. The Balaban J connectivity index is 1.66. The normalized spacial score (nSPS) is 13.9. The molecule has 0 spiro atoms. The summed E-state index contributed by atoms with van der Waals surface area (Å²) in [5.41, 5.74) is 2.52. The van der Waals surface area contributed by atoms with Gasteiger partial charge in [0.15, 0.2) is 5.76 Å². The van der Waals surface area contributed by atoms with Crippen molar-refractivity contribution < 1.29 is 23.5 Å². The van der Waals surface area contributed by atoms with Crippen molar-refractivity contribution in [3.63, 3.8) is 0 Å². The van der Waals surface area contributed by atoms with E-state index in [0.717, 1.165) is 11.8 Å². The molecule has 0 saturated carbocycles. The van der Waals surface area contributed by atoms with Gasteiger partial charge in [0.2, 0.25) is 5.91 Å². The van der Waals surface area contributed by atoms with Crippen molar-refractivity contribution in [2.24, 2.45) is 0 Å². The number of carbonyl (C=O) groups is 2. The molecule has 0 bridgehead atoms. The van der Waals surface area contributed by atoms with Gasteiger partial charge < -0.3 is 24.1 Å². The van der Waals surface area contributed by atoms with Crippen LogP contribution in [0, 0.1) is 0 Å². The number of ether oxygens (including phenoxy) is 2. The second-order valence-corrected chi connectivity index (χ2v) is 6.83. The topological polar surface area (TPSA) is 81.0 Å². The molecule has 0 aliphatic carbocycles. The Labute approximate surface area is 168 Å². The number of rotatable bonds is 6. The van der Waals surface area contributed by atoms with Crippen LogP contribution in [0.25, 0.3) is 11.0 Å². The SMILES string of the molecule is COCc1c(C(=O)Nc2ccc(OC)c(N3CCCC3=O)c2)oc2ccccc12. The second kappa shape index (κ2) is 7.97. The lowest BCUT2D eigenvalue weighted by molar-refractivity contribution is -0.117. The van der Waals surface area contributed by atoms with Gasteiger partial charge in [0.25, 0.3) is 5.91 Å². The summed E-state index contributed by atoms with van der Waals surface area (Å²) >= 11 is 0. The first kappa shape index (κ1) is 19.0.